The molecule has 142 valence electrons. The van der Waals surface area contributed by atoms with Crippen LogP contribution in [0.4, 0.5) is 20.2 Å². The Kier molecular flexibility index (Phi) is 6.36. The second kappa shape index (κ2) is 8.70. The molecule has 0 unspecified atom stereocenters. The van der Waals surface area contributed by atoms with Gasteiger partial charge in [-0.25, -0.2) is 13.6 Å². The maximum atomic E-state index is 13.4. The van der Waals surface area contributed by atoms with Crippen LogP contribution in [0.1, 0.15) is 17.3 Å². The van der Waals surface area contributed by atoms with E-state index in [0.717, 1.165) is 24.3 Å². The summed E-state index contributed by atoms with van der Waals surface area (Å²) >= 11 is 0. The zero-order chi connectivity index (χ0) is 20.0. The van der Waals surface area contributed by atoms with Gasteiger partial charge in [-0.15, -0.1) is 0 Å². The molecule has 0 heterocycles. The maximum absolute atomic E-state index is 13.4. The van der Waals surface area contributed by atoms with Crippen molar-refractivity contribution in [1.82, 2.24) is 0 Å². The first-order valence-electron chi connectivity index (χ1n) is 7.65. The van der Waals surface area contributed by atoms with E-state index in [-0.39, 0.29) is 17.9 Å². The smallest absolute Gasteiger partial charge is 0.338 e. The number of carbonyl (C=O) groups is 2. The molecule has 27 heavy (non-hydrogen) atoms. The number of rotatable bonds is 7. The van der Waals surface area contributed by atoms with Crippen molar-refractivity contribution in [2.75, 3.05) is 18.5 Å². The van der Waals surface area contributed by atoms with E-state index in [1.165, 1.54) is 12.1 Å². The van der Waals surface area contributed by atoms with Gasteiger partial charge >= 0.3 is 11.7 Å². The monoisotopic (exact) mass is 380 g/mol. The van der Waals surface area contributed by atoms with Crippen molar-refractivity contribution in [2.45, 2.75) is 6.92 Å². The first-order chi connectivity index (χ1) is 12.8. The molecule has 0 fully saturated rings. The Balaban J connectivity index is 2.02. The Morgan fingerprint density at radius 1 is 1.19 bits per heavy atom. The number of hydrogen-bond acceptors (Lipinski definition) is 6. The third-order valence-corrected chi connectivity index (χ3v) is 3.23. The van der Waals surface area contributed by atoms with Crippen LogP contribution in [-0.2, 0) is 9.53 Å². The molecule has 2 aromatic carbocycles. The molecule has 0 aliphatic rings. The van der Waals surface area contributed by atoms with E-state index in [0.29, 0.717) is 0 Å². The SMILES string of the molecule is CCOc1ccc(C(=O)OCC(=O)Nc2cc(F)ccc2F)cc1[N+](=O)[O-]. The Morgan fingerprint density at radius 3 is 2.59 bits per heavy atom. The first-order valence-corrected chi connectivity index (χ1v) is 7.65. The van der Waals surface area contributed by atoms with Gasteiger partial charge in [-0.2, -0.15) is 0 Å². The summed E-state index contributed by atoms with van der Waals surface area (Å²) < 4.78 is 36.3. The average Bonchev–Trinajstić information content (AvgIpc) is 2.63. The van der Waals surface area contributed by atoms with Gasteiger partial charge in [0, 0.05) is 12.1 Å². The summed E-state index contributed by atoms with van der Waals surface area (Å²) in [5, 5.41) is 13.1. The molecule has 10 heteroatoms. The van der Waals surface area contributed by atoms with E-state index in [4.69, 9.17) is 9.47 Å². The van der Waals surface area contributed by atoms with E-state index >= 15 is 0 Å². The molecule has 0 radical (unpaired) electrons. The molecule has 0 atom stereocenters. The quantitative estimate of drug-likeness (QED) is 0.449. The highest BCUT2D eigenvalue weighted by Crippen LogP contribution is 2.28. The van der Waals surface area contributed by atoms with E-state index < -0.39 is 46.4 Å². The molecular weight excluding hydrogens is 366 g/mol. The predicted molar refractivity (Wildman–Crippen MR) is 89.5 cm³/mol. The van der Waals surface area contributed by atoms with Crippen LogP contribution in [0.25, 0.3) is 0 Å². The van der Waals surface area contributed by atoms with Crippen molar-refractivity contribution in [1.29, 1.82) is 0 Å². The van der Waals surface area contributed by atoms with Crippen LogP contribution in [0.3, 0.4) is 0 Å². The van der Waals surface area contributed by atoms with Gasteiger partial charge in [-0.3, -0.25) is 14.9 Å². The maximum Gasteiger partial charge on any atom is 0.338 e. The summed E-state index contributed by atoms with van der Waals surface area (Å²) in [4.78, 5) is 34.0. The number of ether oxygens (including phenoxy) is 2. The number of nitrogens with one attached hydrogen (secondary N) is 1. The molecule has 0 spiro atoms. The lowest BCUT2D eigenvalue weighted by Gasteiger charge is -2.08. The first kappa shape index (κ1) is 19.8. The molecule has 0 saturated carbocycles. The number of esters is 1. The summed E-state index contributed by atoms with van der Waals surface area (Å²) in [6.07, 6.45) is 0. The number of nitro groups is 1. The number of anilines is 1. The number of benzene rings is 2. The minimum Gasteiger partial charge on any atom is -0.487 e. The molecule has 1 N–H and O–H groups in total. The van der Waals surface area contributed by atoms with Crippen molar-refractivity contribution in [2.24, 2.45) is 0 Å². The molecule has 0 saturated heterocycles. The highest BCUT2D eigenvalue weighted by molar-refractivity contribution is 5.96. The van der Waals surface area contributed by atoms with Crippen LogP contribution in [0.5, 0.6) is 5.75 Å². The zero-order valence-corrected chi connectivity index (χ0v) is 14.0. The number of nitro benzene ring substituents is 1. The highest BCUT2D eigenvalue weighted by Gasteiger charge is 2.20. The summed E-state index contributed by atoms with van der Waals surface area (Å²) in [5.74, 6) is -3.55. The minimum atomic E-state index is -1.00. The van der Waals surface area contributed by atoms with Gasteiger partial charge in [-0.1, -0.05) is 0 Å². The van der Waals surface area contributed by atoms with Crippen molar-refractivity contribution in [3.05, 3.63) is 63.7 Å². The second-order valence-corrected chi connectivity index (χ2v) is 5.12. The number of nitrogens with zero attached hydrogens (tertiary/aromatic N) is 1. The fraction of sp³-hybridized carbons (Fsp3) is 0.176. The van der Waals surface area contributed by atoms with Gasteiger partial charge in [0.25, 0.3) is 5.91 Å². The van der Waals surface area contributed by atoms with Crippen LogP contribution >= 0.6 is 0 Å². The van der Waals surface area contributed by atoms with Crippen molar-refractivity contribution >= 4 is 23.3 Å². The van der Waals surface area contributed by atoms with Crippen LogP contribution in [-0.4, -0.2) is 30.0 Å². The Bertz CT molecular complexity index is 888. The fourth-order valence-corrected chi connectivity index (χ4v) is 2.06. The topological polar surface area (TPSA) is 108 Å². The summed E-state index contributed by atoms with van der Waals surface area (Å²) in [7, 11) is 0. The highest BCUT2D eigenvalue weighted by atomic mass is 19.1. The van der Waals surface area contributed by atoms with Crippen LogP contribution in [0, 0.1) is 21.7 Å². The average molecular weight is 380 g/mol. The second-order valence-electron chi connectivity index (χ2n) is 5.12. The molecule has 8 nitrogen and oxygen atoms in total. The predicted octanol–water partition coefficient (Wildman–Crippen LogP) is 3.07. The molecule has 2 aromatic rings. The summed E-state index contributed by atoms with van der Waals surface area (Å²) in [6.45, 7) is 1.04. The Labute approximate surface area is 151 Å². The molecular formula is C17H14F2N2O6. The molecule has 0 bridgehead atoms. The zero-order valence-electron chi connectivity index (χ0n) is 14.0. The summed E-state index contributed by atoms with van der Waals surface area (Å²) in [6, 6.07) is 5.91. The van der Waals surface area contributed by atoms with E-state index in [1.54, 1.807) is 6.92 Å². The normalized spacial score (nSPS) is 10.2. The number of carbonyl (C=O) groups excluding carboxylic acids is 2. The summed E-state index contributed by atoms with van der Waals surface area (Å²) in [5.41, 5.74) is -1.01. The van der Waals surface area contributed by atoms with Gasteiger partial charge in [0.05, 0.1) is 22.8 Å². The Hall–Kier alpha value is -3.56. The van der Waals surface area contributed by atoms with Gasteiger partial charge in [-0.05, 0) is 31.2 Å². The standard InChI is InChI=1S/C17H14F2N2O6/c1-2-26-15-6-3-10(7-14(15)21(24)25)17(23)27-9-16(22)20-13-8-11(18)4-5-12(13)19/h3-8H,2,9H2,1H3,(H,20,22). The van der Waals surface area contributed by atoms with Crippen molar-refractivity contribution in [3.8, 4) is 5.75 Å². The Morgan fingerprint density at radius 2 is 1.93 bits per heavy atom. The largest absolute Gasteiger partial charge is 0.487 e. The number of hydrogen-bond donors (Lipinski definition) is 1. The lowest BCUT2D eigenvalue weighted by molar-refractivity contribution is -0.385. The van der Waals surface area contributed by atoms with E-state index in [2.05, 4.69) is 5.32 Å². The molecule has 0 aromatic heterocycles. The van der Waals surface area contributed by atoms with E-state index in [1.807, 2.05) is 0 Å². The third kappa shape index (κ3) is 5.21. The fourth-order valence-electron chi connectivity index (χ4n) is 2.06. The molecule has 2 rings (SSSR count). The molecule has 0 aliphatic heterocycles. The van der Waals surface area contributed by atoms with Gasteiger partial charge in [0.15, 0.2) is 12.4 Å². The van der Waals surface area contributed by atoms with Gasteiger partial charge < -0.3 is 14.8 Å². The lowest BCUT2D eigenvalue weighted by Crippen LogP contribution is -2.21. The minimum absolute atomic E-state index is 0.0154. The third-order valence-electron chi connectivity index (χ3n) is 3.23. The number of amides is 1. The van der Waals surface area contributed by atoms with Crippen molar-refractivity contribution < 1.29 is 32.8 Å². The number of halogens is 2. The van der Waals surface area contributed by atoms with Crippen LogP contribution < -0.4 is 10.1 Å². The molecule has 0 aliphatic carbocycles. The van der Waals surface area contributed by atoms with Gasteiger partial charge in [0.2, 0.25) is 0 Å². The molecule has 1 amide bonds. The van der Waals surface area contributed by atoms with Gasteiger partial charge in [0.1, 0.15) is 11.6 Å². The lowest BCUT2D eigenvalue weighted by atomic mass is 10.2. The van der Waals surface area contributed by atoms with Crippen LogP contribution in [0.2, 0.25) is 0 Å². The van der Waals surface area contributed by atoms with E-state index in [9.17, 15) is 28.5 Å². The van der Waals surface area contributed by atoms with Crippen LogP contribution in [0.15, 0.2) is 36.4 Å². The van der Waals surface area contributed by atoms with Crippen molar-refractivity contribution in [3.63, 3.8) is 0 Å².